The molecule has 24 heavy (non-hydrogen) atoms. The largest absolute Gasteiger partial charge is 0.347 e. The first-order valence-corrected chi connectivity index (χ1v) is 9.39. The van der Waals surface area contributed by atoms with E-state index in [2.05, 4.69) is 15.3 Å². The van der Waals surface area contributed by atoms with Gasteiger partial charge in [-0.1, -0.05) is 18.2 Å². The van der Waals surface area contributed by atoms with Crippen LogP contribution in [-0.2, 0) is 9.84 Å². The average molecular weight is 346 g/mol. The Morgan fingerprint density at radius 2 is 1.96 bits per heavy atom. The van der Waals surface area contributed by atoms with Gasteiger partial charge in [0.05, 0.1) is 23.9 Å². The summed E-state index contributed by atoms with van der Waals surface area (Å²) in [4.78, 5) is 22.4. The Hall–Kier alpha value is -2.48. The van der Waals surface area contributed by atoms with Crippen molar-refractivity contribution < 1.29 is 13.2 Å². The van der Waals surface area contributed by atoms with Gasteiger partial charge in [0.25, 0.3) is 5.91 Å². The summed E-state index contributed by atoms with van der Waals surface area (Å²) in [6.07, 6.45) is 3.36. The van der Waals surface area contributed by atoms with E-state index >= 15 is 0 Å². The minimum absolute atomic E-state index is 0.0129. The highest BCUT2D eigenvalue weighted by molar-refractivity contribution is 7.91. The first kappa shape index (κ1) is 16.4. The summed E-state index contributed by atoms with van der Waals surface area (Å²) in [6.45, 7) is 0. The maximum absolute atomic E-state index is 12.1. The maximum atomic E-state index is 12.1. The van der Waals surface area contributed by atoms with Crippen LogP contribution in [0.4, 0.5) is 11.5 Å². The molecule has 1 amide bonds. The van der Waals surface area contributed by atoms with Crippen molar-refractivity contribution in [2.75, 3.05) is 23.5 Å². The van der Waals surface area contributed by atoms with E-state index in [1.807, 2.05) is 42.3 Å². The second kappa shape index (κ2) is 6.56. The SMILES string of the molecule is CN(c1ccccc1)c1cnc(C(=O)NC2CCS(=O)(=O)C2)cn1. The summed E-state index contributed by atoms with van der Waals surface area (Å²) < 4.78 is 22.9. The number of rotatable bonds is 4. The van der Waals surface area contributed by atoms with Crippen LogP contribution in [0.25, 0.3) is 0 Å². The van der Waals surface area contributed by atoms with Gasteiger partial charge in [0, 0.05) is 18.8 Å². The number of nitrogens with one attached hydrogen (secondary N) is 1. The van der Waals surface area contributed by atoms with Crippen LogP contribution in [0.5, 0.6) is 0 Å². The molecule has 1 aromatic carbocycles. The van der Waals surface area contributed by atoms with Gasteiger partial charge in [0.1, 0.15) is 5.69 Å². The van der Waals surface area contributed by atoms with E-state index in [9.17, 15) is 13.2 Å². The average Bonchev–Trinajstić information content (AvgIpc) is 2.93. The van der Waals surface area contributed by atoms with Gasteiger partial charge in [-0.2, -0.15) is 0 Å². The van der Waals surface area contributed by atoms with E-state index in [0.29, 0.717) is 12.2 Å². The molecule has 1 N–H and O–H groups in total. The molecule has 8 heteroatoms. The first-order chi connectivity index (χ1) is 11.4. The van der Waals surface area contributed by atoms with Crippen molar-refractivity contribution in [2.24, 2.45) is 0 Å². The van der Waals surface area contributed by atoms with Gasteiger partial charge in [0.15, 0.2) is 15.7 Å². The third-order valence-electron chi connectivity index (χ3n) is 3.93. The third-order valence-corrected chi connectivity index (χ3v) is 5.69. The molecule has 2 heterocycles. The molecule has 3 rings (SSSR count). The van der Waals surface area contributed by atoms with Gasteiger partial charge in [-0.15, -0.1) is 0 Å². The topological polar surface area (TPSA) is 92.3 Å². The van der Waals surface area contributed by atoms with Crippen molar-refractivity contribution in [1.29, 1.82) is 0 Å². The predicted molar refractivity (Wildman–Crippen MR) is 91.1 cm³/mol. The number of nitrogens with zero attached hydrogens (tertiary/aromatic N) is 3. The van der Waals surface area contributed by atoms with Crippen molar-refractivity contribution in [2.45, 2.75) is 12.5 Å². The number of benzene rings is 1. The maximum Gasteiger partial charge on any atom is 0.271 e. The van der Waals surface area contributed by atoms with Crippen molar-refractivity contribution in [3.8, 4) is 0 Å². The van der Waals surface area contributed by atoms with Gasteiger partial charge < -0.3 is 10.2 Å². The van der Waals surface area contributed by atoms with Crippen LogP contribution < -0.4 is 10.2 Å². The lowest BCUT2D eigenvalue weighted by Crippen LogP contribution is -2.36. The minimum Gasteiger partial charge on any atom is -0.347 e. The van der Waals surface area contributed by atoms with E-state index in [0.717, 1.165) is 5.69 Å². The Labute approximate surface area is 140 Å². The number of carbonyl (C=O) groups excluding carboxylic acids is 1. The minimum atomic E-state index is -3.03. The zero-order valence-electron chi connectivity index (χ0n) is 13.2. The van der Waals surface area contributed by atoms with Gasteiger partial charge in [0.2, 0.25) is 0 Å². The second-order valence-corrected chi connectivity index (χ2v) is 7.96. The van der Waals surface area contributed by atoms with E-state index in [1.165, 1.54) is 12.4 Å². The van der Waals surface area contributed by atoms with Gasteiger partial charge in [-0.25, -0.2) is 18.4 Å². The van der Waals surface area contributed by atoms with E-state index < -0.39 is 15.7 Å². The fourth-order valence-corrected chi connectivity index (χ4v) is 4.24. The summed E-state index contributed by atoms with van der Waals surface area (Å²) in [6, 6.07) is 9.33. The molecule has 0 aliphatic carbocycles. The molecule has 1 aliphatic heterocycles. The van der Waals surface area contributed by atoms with Crippen LogP contribution in [0.1, 0.15) is 16.9 Å². The van der Waals surface area contributed by atoms with E-state index in [-0.39, 0.29) is 23.2 Å². The number of hydrogen-bond acceptors (Lipinski definition) is 6. The van der Waals surface area contributed by atoms with Gasteiger partial charge in [-0.05, 0) is 18.6 Å². The molecule has 2 aromatic rings. The molecule has 1 aromatic heterocycles. The number of amides is 1. The standard InChI is InChI=1S/C16H18N4O3S/c1-20(13-5-3-2-4-6-13)15-10-17-14(9-18-15)16(21)19-12-7-8-24(22,23)11-12/h2-6,9-10,12H,7-8,11H2,1H3,(H,19,21). The molecular weight excluding hydrogens is 328 g/mol. The van der Waals surface area contributed by atoms with Crippen molar-refractivity contribution in [1.82, 2.24) is 15.3 Å². The number of sulfone groups is 1. The Bertz CT molecular complexity index is 822. The van der Waals surface area contributed by atoms with Crippen LogP contribution in [-0.4, -0.2) is 48.9 Å². The van der Waals surface area contributed by atoms with Crippen LogP contribution in [0.15, 0.2) is 42.7 Å². The highest BCUT2D eigenvalue weighted by atomic mass is 32.2. The molecule has 1 unspecified atom stereocenters. The molecule has 1 atom stereocenters. The smallest absolute Gasteiger partial charge is 0.271 e. The molecular formula is C16H18N4O3S. The molecule has 1 saturated heterocycles. The number of para-hydroxylation sites is 1. The Balaban J connectivity index is 1.67. The molecule has 0 spiro atoms. The van der Waals surface area contributed by atoms with Crippen LogP contribution in [0, 0.1) is 0 Å². The third kappa shape index (κ3) is 3.70. The van der Waals surface area contributed by atoms with Crippen molar-refractivity contribution in [3.63, 3.8) is 0 Å². The lowest BCUT2D eigenvalue weighted by Gasteiger charge is -2.18. The fourth-order valence-electron chi connectivity index (χ4n) is 2.56. The summed E-state index contributed by atoms with van der Waals surface area (Å²) in [5, 5.41) is 2.70. The Morgan fingerprint density at radius 1 is 1.21 bits per heavy atom. The lowest BCUT2D eigenvalue weighted by molar-refractivity contribution is 0.0935. The number of anilines is 2. The molecule has 0 saturated carbocycles. The highest BCUT2D eigenvalue weighted by Gasteiger charge is 2.29. The summed E-state index contributed by atoms with van der Waals surface area (Å²) >= 11 is 0. The van der Waals surface area contributed by atoms with Crippen LogP contribution >= 0.6 is 0 Å². The second-order valence-electron chi connectivity index (χ2n) is 5.73. The molecule has 0 radical (unpaired) electrons. The van der Waals surface area contributed by atoms with Crippen molar-refractivity contribution in [3.05, 3.63) is 48.4 Å². The van der Waals surface area contributed by atoms with Gasteiger partial charge in [-0.3, -0.25) is 4.79 Å². The molecule has 0 bridgehead atoms. The zero-order chi connectivity index (χ0) is 17.2. The first-order valence-electron chi connectivity index (χ1n) is 7.57. The van der Waals surface area contributed by atoms with Gasteiger partial charge >= 0.3 is 0 Å². The number of carbonyl (C=O) groups is 1. The Morgan fingerprint density at radius 3 is 2.54 bits per heavy atom. The fraction of sp³-hybridized carbons (Fsp3) is 0.312. The van der Waals surface area contributed by atoms with Crippen LogP contribution in [0.2, 0.25) is 0 Å². The lowest BCUT2D eigenvalue weighted by atomic mass is 10.2. The normalized spacial score (nSPS) is 19.0. The summed E-state index contributed by atoms with van der Waals surface area (Å²) in [5.41, 5.74) is 1.13. The highest BCUT2D eigenvalue weighted by Crippen LogP contribution is 2.20. The molecule has 126 valence electrons. The summed E-state index contributed by atoms with van der Waals surface area (Å²) in [5.74, 6) is 0.311. The van der Waals surface area contributed by atoms with E-state index in [1.54, 1.807) is 0 Å². The van der Waals surface area contributed by atoms with Crippen molar-refractivity contribution >= 4 is 27.2 Å². The number of aromatic nitrogens is 2. The quantitative estimate of drug-likeness (QED) is 0.893. The predicted octanol–water partition coefficient (Wildman–Crippen LogP) is 1.16. The zero-order valence-corrected chi connectivity index (χ0v) is 14.0. The molecule has 1 fully saturated rings. The molecule has 1 aliphatic rings. The monoisotopic (exact) mass is 346 g/mol. The van der Waals surface area contributed by atoms with E-state index in [4.69, 9.17) is 0 Å². The Kier molecular flexibility index (Phi) is 4.48. The number of hydrogen-bond donors (Lipinski definition) is 1. The molecule has 7 nitrogen and oxygen atoms in total. The summed E-state index contributed by atoms with van der Waals surface area (Å²) in [7, 11) is -1.17. The van der Waals surface area contributed by atoms with Crippen LogP contribution in [0.3, 0.4) is 0 Å².